The third kappa shape index (κ3) is 4.40. The van der Waals surface area contributed by atoms with Gasteiger partial charge in [-0.2, -0.15) is 5.10 Å². The number of fused-ring (bicyclic) bond motifs is 1. The lowest BCUT2D eigenvalue weighted by Gasteiger charge is -2.28. The van der Waals surface area contributed by atoms with Crippen molar-refractivity contribution < 1.29 is 9.53 Å². The number of nitrogens with zero attached hydrogens (tertiary/aromatic N) is 3. The van der Waals surface area contributed by atoms with Crippen LogP contribution in [0.5, 0.6) is 5.75 Å². The van der Waals surface area contributed by atoms with Gasteiger partial charge in [0.2, 0.25) is 0 Å². The molecule has 1 N–H and O–H groups in total. The van der Waals surface area contributed by atoms with Crippen LogP contribution in [0.3, 0.4) is 0 Å². The number of aryl methyl sites for hydroxylation is 1. The van der Waals surface area contributed by atoms with Crippen molar-refractivity contribution in [2.75, 3.05) is 18.1 Å². The molecule has 0 aliphatic carbocycles. The highest BCUT2D eigenvalue weighted by Crippen LogP contribution is 2.25. The minimum absolute atomic E-state index is 0.0901. The maximum absolute atomic E-state index is 12.8. The monoisotopic (exact) mass is 408 g/mol. The van der Waals surface area contributed by atoms with E-state index in [9.17, 15) is 4.79 Å². The summed E-state index contributed by atoms with van der Waals surface area (Å²) in [6, 6.07) is 17.5. The second-order valence-corrected chi connectivity index (χ2v) is 7.81. The van der Waals surface area contributed by atoms with Crippen LogP contribution in [-0.4, -0.2) is 33.5 Å². The topological polar surface area (TPSA) is 59.4 Å². The fraction of sp³-hybridized carbons (Fsp3) is 0.273. The molecule has 0 atom stereocenters. The number of nitrogens with one attached hydrogen (secondary N) is 1. The molecule has 1 aliphatic rings. The number of carbonyl (C=O) groups is 1. The number of hydrogen-bond donors (Lipinski definition) is 1. The summed E-state index contributed by atoms with van der Waals surface area (Å²) in [6.45, 7) is 1.59. The van der Waals surface area contributed by atoms with E-state index in [4.69, 9.17) is 4.74 Å². The molecule has 0 unspecified atom stereocenters. The van der Waals surface area contributed by atoms with Crippen LogP contribution < -0.4 is 10.1 Å². The first-order valence-electron chi connectivity index (χ1n) is 9.55. The highest BCUT2D eigenvalue weighted by Gasteiger charge is 2.27. The van der Waals surface area contributed by atoms with Gasteiger partial charge in [-0.25, -0.2) is 4.79 Å². The van der Waals surface area contributed by atoms with E-state index in [0.717, 1.165) is 34.0 Å². The van der Waals surface area contributed by atoms with Crippen molar-refractivity contribution in [2.24, 2.45) is 7.05 Å². The minimum Gasteiger partial charge on any atom is -0.487 e. The number of thioether (sulfide) groups is 1. The van der Waals surface area contributed by atoms with Crippen molar-refractivity contribution in [2.45, 2.75) is 24.5 Å². The van der Waals surface area contributed by atoms with E-state index in [1.807, 2.05) is 77.5 Å². The molecule has 0 saturated carbocycles. The lowest BCUT2D eigenvalue weighted by molar-refractivity contribution is 0.205. The van der Waals surface area contributed by atoms with Gasteiger partial charge in [-0.3, -0.25) is 4.68 Å². The summed E-state index contributed by atoms with van der Waals surface area (Å²) in [5.41, 5.74) is 3.95. The smallest absolute Gasteiger partial charge is 0.322 e. The lowest BCUT2D eigenvalue weighted by atomic mass is 10.1. The molecule has 7 heteroatoms. The lowest BCUT2D eigenvalue weighted by Crippen LogP contribution is -2.39. The van der Waals surface area contributed by atoms with Gasteiger partial charge in [-0.05, 0) is 36.6 Å². The fourth-order valence-electron chi connectivity index (χ4n) is 3.53. The van der Waals surface area contributed by atoms with Crippen LogP contribution >= 0.6 is 11.8 Å². The second kappa shape index (κ2) is 8.61. The van der Waals surface area contributed by atoms with Crippen LogP contribution in [0, 0.1) is 0 Å². The van der Waals surface area contributed by atoms with Gasteiger partial charge in [0.05, 0.1) is 6.54 Å². The van der Waals surface area contributed by atoms with E-state index < -0.39 is 0 Å². The third-order valence-electron chi connectivity index (χ3n) is 5.05. The Morgan fingerprint density at radius 1 is 1.21 bits per heavy atom. The standard InChI is InChI=1S/C22H24N4O2S/c1-25-21-11-12-26(22(27)23-16-7-6-10-18(13-16)29-2)14-19(21)20(24-25)15-28-17-8-4-3-5-9-17/h3-10,13H,11-12,14-15H2,1-2H3,(H,23,27). The molecule has 1 aromatic heterocycles. The van der Waals surface area contributed by atoms with Crippen molar-refractivity contribution >= 4 is 23.5 Å². The number of benzene rings is 2. The number of ether oxygens (including phenoxy) is 1. The summed E-state index contributed by atoms with van der Waals surface area (Å²) in [7, 11) is 1.95. The molecule has 0 bridgehead atoms. The van der Waals surface area contributed by atoms with Crippen LogP contribution in [0.25, 0.3) is 0 Å². The maximum atomic E-state index is 12.8. The molecular formula is C22H24N4O2S. The number of aromatic nitrogens is 2. The van der Waals surface area contributed by atoms with Crippen LogP contribution in [0.1, 0.15) is 17.0 Å². The summed E-state index contributed by atoms with van der Waals surface area (Å²) < 4.78 is 7.80. The summed E-state index contributed by atoms with van der Waals surface area (Å²) in [6.07, 6.45) is 2.80. The van der Waals surface area contributed by atoms with Gasteiger partial charge in [-0.1, -0.05) is 24.3 Å². The normalized spacial score (nSPS) is 13.1. The number of rotatable bonds is 5. The molecule has 2 heterocycles. The number of amides is 2. The Morgan fingerprint density at radius 3 is 2.83 bits per heavy atom. The van der Waals surface area contributed by atoms with Crippen molar-refractivity contribution in [3.05, 3.63) is 71.5 Å². The van der Waals surface area contributed by atoms with E-state index in [-0.39, 0.29) is 6.03 Å². The average molecular weight is 409 g/mol. The first-order chi connectivity index (χ1) is 14.1. The largest absolute Gasteiger partial charge is 0.487 e. The number of hydrogen-bond acceptors (Lipinski definition) is 4. The molecule has 0 spiro atoms. The van der Waals surface area contributed by atoms with Crippen LogP contribution in [-0.2, 0) is 26.6 Å². The highest BCUT2D eigenvalue weighted by molar-refractivity contribution is 7.98. The molecule has 2 amide bonds. The molecule has 0 fully saturated rings. The molecule has 0 radical (unpaired) electrons. The summed E-state index contributed by atoms with van der Waals surface area (Å²) >= 11 is 1.65. The molecule has 0 saturated heterocycles. The summed E-state index contributed by atoms with van der Waals surface area (Å²) in [4.78, 5) is 15.8. The molecule has 6 nitrogen and oxygen atoms in total. The second-order valence-electron chi connectivity index (χ2n) is 6.93. The zero-order chi connectivity index (χ0) is 20.2. The van der Waals surface area contributed by atoms with E-state index in [2.05, 4.69) is 10.4 Å². The number of para-hydroxylation sites is 1. The molecule has 3 aromatic rings. The zero-order valence-electron chi connectivity index (χ0n) is 16.6. The predicted molar refractivity (Wildman–Crippen MR) is 115 cm³/mol. The Hall–Kier alpha value is -2.93. The van der Waals surface area contributed by atoms with Crippen molar-refractivity contribution in [1.82, 2.24) is 14.7 Å². The zero-order valence-corrected chi connectivity index (χ0v) is 17.4. The van der Waals surface area contributed by atoms with Gasteiger partial charge >= 0.3 is 6.03 Å². The van der Waals surface area contributed by atoms with Crippen LogP contribution in [0.15, 0.2) is 59.5 Å². The highest BCUT2D eigenvalue weighted by atomic mass is 32.2. The molecule has 150 valence electrons. The van der Waals surface area contributed by atoms with Crippen LogP contribution in [0.4, 0.5) is 10.5 Å². The Bertz CT molecular complexity index is 1000. The SMILES string of the molecule is CSc1cccc(NC(=O)N2CCc3c(c(COc4ccccc4)nn3C)C2)c1. The van der Waals surface area contributed by atoms with E-state index in [0.29, 0.717) is 19.7 Å². The quantitative estimate of drug-likeness (QED) is 0.639. The van der Waals surface area contributed by atoms with E-state index in [1.54, 1.807) is 11.8 Å². The van der Waals surface area contributed by atoms with E-state index >= 15 is 0 Å². The van der Waals surface area contributed by atoms with Gasteiger partial charge in [0, 0.05) is 41.9 Å². The predicted octanol–water partition coefficient (Wildman–Crippen LogP) is 4.31. The molecule has 2 aromatic carbocycles. The van der Waals surface area contributed by atoms with Crippen molar-refractivity contribution in [3.8, 4) is 5.75 Å². The average Bonchev–Trinajstić information content (AvgIpc) is 3.08. The first-order valence-corrected chi connectivity index (χ1v) is 10.8. The van der Waals surface area contributed by atoms with Gasteiger partial charge in [0.25, 0.3) is 0 Å². The Labute approximate surface area is 174 Å². The Kier molecular flexibility index (Phi) is 5.76. The Balaban J connectivity index is 1.46. The molecule has 29 heavy (non-hydrogen) atoms. The van der Waals surface area contributed by atoms with E-state index in [1.165, 1.54) is 5.69 Å². The summed E-state index contributed by atoms with van der Waals surface area (Å²) in [5.74, 6) is 0.811. The number of anilines is 1. The molecule has 4 rings (SSSR count). The maximum Gasteiger partial charge on any atom is 0.322 e. The molecular weight excluding hydrogens is 384 g/mol. The van der Waals surface area contributed by atoms with Gasteiger partial charge < -0.3 is 15.0 Å². The minimum atomic E-state index is -0.0901. The summed E-state index contributed by atoms with van der Waals surface area (Å²) in [5, 5.41) is 7.65. The van der Waals surface area contributed by atoms with Crippen molar-refractivity contribution in [1.29, 1.82) is 0 Å². The van der Waals surface area contributed by atoms with Gasteiger partial charge in [0.15, 0.2) is 0 Å². The fourth-order valence-corrected chi connectivity index (χ4v) is 3.99. The first kappa shape index (κ1) is 19.4. The third-order valence-corrected chi connectivity index (χ3v) is 5.78. The van der Waals surface area contributed by atoms with Gasteiger partial charge in [0.1, 0.15) is 18.1 Å². The number of urea groups is 1. The van der Waals surface area contributed by atoms with Gasteiger partial charge in [-0.15, -0.1) is 11.8 Å². The Morgan fingerprint density at radius 2 is 2.03 bits per heavy atom. The molecule has 1 aliphatic heterocycles. The van der Waals surface area contributed by atoms with Crippen LogP contribution in [0.2, 0.25) is 0 Å². The number of carbonyl (C=O) groups excluding carboxylic acids is 1. The van der Waals surface area contributed by atoms with Crippen molar-refractivity contribution in [3.63, 3.8) is 0 Å².